The first kappa shape index (κ1) is 16.2. The standard InChI is InChI=1S/C19H20BrNO2/c1-13-4-2-5-15(12-13)18(14-7-9-16(20)10-8-14)21-11-3-6-17(21)19(22)23/h2,4-5,7-10,12,17-18H,3,6,11H2,1H3,(H,22,23). The third-order valence-corrected chi connectivity index (χ3v) is 4.98. The third-order valence-electron chi connectivity index (χ3n) is 4.45. The van der Waals surface area contributed by atoms with Gasteiger partial charge in [0.15, 0.2) is 0 Å². The molecule has 2 aromatic rings. The van der Waals surface area contributed by atoms with Crippen molar-refractivity contribution in [3.63, 3.8) is 0 Å². The molecule has 2 aromatic carbocycles. The van der Waals surface area contributed by atoms with Gasteiger partial charge in [-0.1, -0.05) is 57.9 Å². The van der Waals surface area contributed by atoms with Crippen LogP contribution in [-0.4, -0.2) is 28.6 Å². The first-order chi connectivity index (χ1) is 11.1. The van der Waals surface area contributed by atoms with Gasteiger partial charge in [0, 0.05) is 11.0 Å². The maximum atomic E-state index is 11.7. The van der Waals surface area contributed by atoms with Crippen LogP contribution in [0.1, 0.15) is 35.6 Å². The summed E-state index contributed by atoms with van der Waals surface area (Å²) in [5.41, 5.74) is 3.48. The van der Waals surface area contributed by atoms with Gasteiger partial charge in [-0.05, 0) is 43.0 Å². The molecular formula is C19H20BrNO2. The fourth-order valence-electron chi connectivity index (χ4n) is 3.42. The van der Waals surface area contributed by atoms with E-state index in [9.17, 15) is 9.90 Å². The summed E-state index contributed by atoms with van der Waals surface area (Å²) in [5.74, 6) is -0.725. The predicted octanol–water partition coefficient (Wildman–Crippen LogP) is 4.40. The number of aliphatic carboxylic acids is 1. The second kappa shape index (κ2) is 6.85. The molecule has 0 saturated carbocycles. The highest BCUT2D eigenvalue weighted by Crippen LogP contribution is 2.35. The number of carbonyl (C=O) groups is 1. The Bertz CT molecular complexity index is 699. The van der Waals surface area contributed by atoms with E-state index in [1.54, 1.807) is 0 Å². The van der Waals surface area contributed by atoms with Crippen molar-refractivity contribution < 1.29 is 9.90 Å². The van der Waals surface area contributed by atoms with E-state index in [2.05, 4.69) is 58.1 Å². The molecule has 3 nitrogen and oxygen atoms in total. The lowest BCUT2D eigenvalue weighted by atomic mass is 9.95. The second-order valence-electron chi connectivity index (χ2n) is 6.10. The summed E-state index contributed by atoms with van der Waals surface area (Å²) in [6.07, 6.45) is 1.64. The van der Waals surface area contributed by atoms with Gasteiger partial charge in [-0.2, -0.15) is 0 Å². The highest BCUT2D eigenvalue weighted by molar-refractivity contribution is 9.10. The molecule has 1 N–H and O–H groups in total. The van der Waals surface area contributed by atoms with E-state index in [0.29, 0.717) is 6.42 Å². The van der Waals surface area contributed by atoms with E-state index < -0.39 is 12.0 Å². The Labute approximate surface area is 145 Å². The molecule has 0 aromatic heterocycles. The Balaban J connectivity index is 2.06. The number of carboxylic acids is 1. The fraction of sp³-hybridized carbons (Fsp3) is 0.316. The van der Waals surface area contributed by atoms with Crippen molar-refractivity contribution in [1.82, 2.24) is 4.90 Å². The van der Waals surface area contributed by atoms with Crippen molar-refractivity contribution in [2.24, 2.45) is 0 Å². The lowest BCUT2D eigenvalue weighted by Gasteiger charge is -2.32. The van der Waals surface area contributed by atoms with Crippen LogP contribution in [0.5, 0.6) is 0 Å². The minimum atomic E-state index is -0.725. The third kappa shape index (κ3) is 3.48. The van der Waals surface area contributed by atoms with E-state index in [1.165, 1.54) is 5.56 Å². The summed E-state index contributed by atoms with van der Waals surface area (Å²) in [6, 6.07) is 16.1. The minimum absolute atomic E-state index is 0.0217. The minimum Gasteiger partial charge on any atom is -0.480 e. The molecule has 0 radical (unpaired) electrons. The molecule has 120 valence electrons. The predicted molar refractivity (Wildman–Crippen MR) is 94.5 cm³/mol. The van der Waals surface area contributed by atoms with Gasteiger partial charge in [0.1, 0.15) is 6.04 Å². The smallest absolute Gasteiger partial charge is 0.320 e. The molecule has 2 unspecified atom stereocenters. The van der Waals surface area contributed by atoms with Crippen molar-refractivity contribution in [3.8, 4) is 0 Å². The summed E-state index contributed by atoms with van der Waals surface area (Å²) in [6.45, 7) is 2.88. The number of hydrogen-bond acceptors (Lipinski definition) is 2. The molecule has 0 bridgehead atoms. The van der Waals surface area contributed by atoms with Gasteiger partial charge in [0.25, 0.3) is 0 Å². The van der Waals surface area contributed by atoms with E-state index in [-0.39, 0.29) is 6.04 Å². The van der Waals surface area contributed by atoms with E-state index in [4.69, 9.17) is 0 Å². The van der Waals surface area contributed by atoms with Gasteiger partial charge < -0.3 is 5.11 Å². The second-order valence-corrected chi connectivity index (χ2v) is 7.02. The van der Waals surface area contributed by atoms with Gasteiger partial charge in [-0.3, -0.25) is 9.69 Å². The highest BCUT2D eigenvalue weighted by atomic mass is 79.9. The van der Waals surface area contributed by atoms with Gasteiger partial charge in [0.2, 0.25) is 0 Å². The van der Waals surface area contributed by atoms with Crippen LogP contribution in [0.2, 0.25) is 0 Å². The van der Waals surface area contributed by atoms with E-state index >= 15 is 0 Å². The van der Waals surface area contributed by atoms with E-state index in [1.807, 2.05) is 18.2 Å². The number of halogens is 1. The first-order valence-corrected chi connectivity index (χ1v) is 8.66. The molecule has 0 amide bonds. The van der Waals surface area contributed by atoms with Gasteiger partial charge in [-0.25, -0.2) is 0 Å². The van der Waals surface area contributed by atoms with Gasteiger partial charge in [-0.15, -0.1) is 0 Å². The summed E-state index contributed by atoms with van der Waals surface area (Å²) < 4.78 is 1.03. The number of aryl methyl sites for hydroxylation is 1. The number of nitrogens with zero attached hydrogens (tertiary/aromatic N) is 1. The molecule has 1 aliphatic rings. The number of likely N-dealkylation sites (tertiary alicyclic amines) is 1. The number of carboxylic acid groups (broad SMARTS) is 1. The molecule has 0 aliphatic carbocycles. The zero-order chi connectivity index (χ0) is 16.4. The molecule has 1 saturated heterocycles. The largest absolute Gasteiger partial charge is 0.480 e. The Hall–Kier alpha value is -1.65. The van der Waals surface area contributed by atoms with Crippen LogP contribution in [-0.2, 0) is 4.79 Å². The van der Waals surface area contributed by atoms with Crippen molar-refractivity contribution in [2.75, 3.05) is 6.54 Å². The number of hydrogen-bond donors (Lipinski definition) is 1. The van der Waals surface area contributed by atoms with Crippen molar-refractivity contribution in [2.45, 2.75) is 31.8 Å². The monoisotopic (exact) mass is 373 g/mol. The SMILES string of the molecule is Cc1cccc(C(c2ccc(Br)cc2)N2CCCC2C(=O)O)c1. The average molecular weight is 374 g/mol. The maximum Gasteiger partial charge on any atom is 0.320 e. The van der Waals surface area contributed by atoms with Crippen LogP contribution in [0.3, 0.4) is 0 Å². The molecule has 0 spiro atoms. The number of rotatable bonds is 4. The quantitative estimate of drug-likeness (QED) is 0.863. The topological polar surface area (TPSA) is 40.5 Å². The molecule has 3 rings (SSSR count). The lowest BCUT2D eigenvalue weighted by Crippen LogP contribution is -2.39. The summed E-state index contributed by atoms with van der Waals surface area (Å²) in [4.78, 5) is 13.8. The molecule has 1 heterocycles. The van der Waals surface area contributed by atoms with Crippen LogP contribution >= 0.6 is 15.9 Å². The van der Waals surface area contributed by atoms with Crippen molar-refractivity contribution in [3.05, 3.63) is 69.7 Å². The summed E-state index contributed by atoms with van der Waals surface area (Å²) in [5, 5.41) is 9.58. The fourth-order valence-corrected chi connectivity index (χ4v) is 3.69. The molecule has 2 atom stereocenters. The van der Waals surface area contributed by atoms with Gasteiger partial charge >= 0.3 is 5.97 Å². The molecule has 1 fully saturated rings. The highest BCUT2D eigenvalue weighted by Gasteiger charge is 2.36. The van der Waals surface area contributed by atoms with E-state index in [0.717, 1.165) is 28.6 Å². The summed E-state index contributed by atoms with van der Waals surface area (Å²) >= 11 is 3.47. The zero-order valence-corrected chi connectivity index (χ0v) is 14.7. The Morgan fingerprint density at radius 1 is 1.22 bits per heavy atom. The molecular weight excluding hydrogens is 354 g/mol. The van der Waals surface area contributed by atoms with Gasteiger partial charge in [0.05, 0.1) is 6.04 Å². The van der Waals surface area contributed by atoms with Crippen LogP contribution in [0.25, 0.3) is 0 Å². The Kier molecular flexibility index (Phi) is 4.83. The van der Waals surface area contributed by atoms with Crippen LogP contribution in [0.4, 0.5) is 0 Å². The Morgan fingerprint density at radius 2 is 1.96 bits per heavy atom. The maximum absolute atomic E-state index is 11.7. The van der Waals surface area contributed by atoms with Crippen LogP contribution in [0, 0.1) is 6.92 Å². The zero-order valence-electron chi connectivity index (χ0n) is 13.1. The van der Waals surface area contributed by atoms with Crippen LogP contribution < -0.4 is 0 Å². The van der Waals surface area contributed by atoms with Crippen LogP contribution in [0.15, 0.2) is 53.0 Å². The average Bonchev–Trinajstić information content (AvgIpc) is 2.99. The normalized spacial score (nSPS) is 19.7. The van der Waals surface area contributed by atoms with Crippen molar-refractivity contribution in [1.29, 1.82) is 0 Å². The molecule has 4 heteroatoms. The molecule has 23 heavy (non-hydrogen) atoms. The first-order valence-electron chi connectivity index (χ1n) is 7.87. The Morgan fingerprint density at radius 3 is 2.61 bits per heavy atom. The lowest BCUT2D eigenvalue weighted by molar-refractivity contribution is -0.142. The number of benzene rings is 2. The molecule has 1 aliphatic heterocycles. The van der Waals surface area contributed by atoms with Crippen molar-refractivity contribution >= 4 is 21.9 Å². The summed E-state index contributed by atoms with van der Waals surface area (Å²) in [7, 11) is 0.